The van der Waals surface area contributed by atoms with Crippen molar-refractivity contribution >= 4 is 5.91 Å². The molecule has 0 aromatic carbocycles. The van der Waals surface area contributed by atoms with Gasteiger partial charge in [-0.1, -0.05) is 19.8 Å². The van der Waals surface area contributed by atoms with Crippen LogP contribution in [0.4, 0.5) is 0 Å². The van der Waals surface area contributed by atoms with Gasteiger partial charge in [0.25, 0.3) is 0 Å². The van der Waals surface area contributed by atoms with Crippen LogP contribution in [0.25, 0.3) is 0 Å². The SMILES string of the molecule is CCCNC(C)(CCOCCC1CC1)C(N)=O. The molecule has 4 heteroatoms. The number of nitrogens with two attached hydrogens (primary N) is 1. The highest BCUT2D eigenvalue weighted by Gasteiger charge is 2.29. The molecule has 0 spiro atoms. The van der Waals surface area contributed by atoms with Gasteiger partial charge in [0, 0.05) is 13.2 Å². The van der Waals surface area contributed by atoms with Crippen LogP contribution in [-0.4, -0.2) is 31.2 Å². The van der Waals surface area contributed by atoms with Crippen LogP contribution in [0.15, 0.2) is 0 Å². The van der Waals surface area contributed by atoms with Crippen LogP contribution in [0.2, 0.25) is 0 Å². The lowest BCUT2D eigenvalue weighted by Crippen LogP contribution is -2.54. The molecule has 0 aromatic rings. The fourth-order valence-electron chi connectivity index (χ4n) is 1.73. The topological polar surface area (TPSA) is 64.3 Å². The average Bonchev–Trinajstić information content (AvgIpc) is 3.09. The van der Waals surface area contributed by atoms with Crippen LogP contribution in [0.5, 0.6) is 0 Å². The number of ether oxygens (including phenoxy) is 1. The van der Waals surface area contributed by atoms with Gasteiger partial charge >= 0.3 is 0 Å². The second-order valence-corrected chi connectivity index (χ2v) is 5.22. The Labute approximate surface area is 104 Å². The minimum Gasteiger partial charge on any atom is -0.381 e. The van der Waals surface area contributed by atoms with Gasteiger partial charge in [0.15, 0.2) is 0 Å². The first kappa shape index (κ1) is 14.5. The first-order valence-electron chi connectivity index (χ1n) is 6.71. The van der Waals surface area contributed by atoms with Gasteiger partial charge in [0.2, 0.25) is 5.91 Å². The summed E-state index contributed by atoms with van der Waals surface area (Å²) in [6.45, 7) is 6.15. The summed E-state index contributed by atoms with van der Waals surface area (Å²) in [4.78, 5) is 11.4. The van der Waals surface area contributed by atoms with E-state index >= 15 is 0 Å². The van der Waals surface area contributed by atoms with Gasteiger partial charge < -0.3 is 15.8 Å². The molecule has 0 aliphatic heterocycles. The van der Waals surface area contributed by atoms with Crippen LogP contribution in [0.3, 0.4) is 0 Å². The van der Waals surface area contributed by atoms with Gasteiger partial charge in [-0.3, -0.25) is 4.79 Å². The van der Waals surface area contributed by atoms with Crippen LogP contribution in [-0.2, 0) is 9.53 Å². The Morgan fingerprint density at radius 3 is 2.71 bits per heavy atom. The molecule has 0 saturated heterocycles. The molecule has 1 amide bonds. The predicted molar refractivity (Wildman–Crippen MR) is 68.7 cm³/mol. The molecule has 100 valence electrons. The smallest absolute Gasteiger partial charge is 0.237 e. The van der Waals surface area contributed by atoms with Crippen molar-refractivity contribution in [3.05, 3.63) is 0 Å². The molecule has 0 radical (unpaired) electrons. The van der Waals surface area contributed by atoms with E-state index in [0.717, 1.165) is 31.9 Å². The first-order chi connectivity index (χ1) is 8.08. The number of hydrogen-bond acceptors (Lipinski definition) is 3. The largest absolute Gasteiger partial charge is 0.381 e. The minimum atomic E-state index is -0.629. The van der Waals surface area contributed by atoms with E-state index in [2.05, 4.69) is 12.2 Å². The van der Waals surface area contributed by atoms with Gasteiger partial charge in [-0.2, -0.15) is 0 Å². The molecule has 1 fully saturated rings. The Balaban J connectivity index is 2.15. The van der Waals surface area contributed by atoms with E-state index in [1.165, 1.54) is 12.8 Å². The Bertz CT molecular complexity index is 242. The normalized spacial score (nSPS) is 18.9. The van der Waals surface area contributed by atoms with Gasteiger partial charge in [-0.25, -0.2) is 0 Å². The summed E-state index contributed by atoms with van der Waals surface area (Å²) in [5.41, 5.74) is 4.80. The van der Waals surface area contributed by atoms with Crippen molar-refractivity contribution in [2.24, 2.45) is 11.7 Å². The molecule has 1 rings (SSSR count). The van der Waals surface area contributed by atoms with Crippen molar-refractivity contribution in [1.82, 2.24) is 5.32 Å². The number of nitrogens with one attached hydrogen (secondary N) is 1. The highest BCUT2D eigenvalue weighted by atomic mass is 16.5. The van der Waals surface area contributed by atoms with Crippen molar-refractivity contribution in [2.75, 3.05) is 19.8 Å². The van der Waals surface area contributed by atoms with E-state index in [1.807, 2.05) is 6.92 Å². The molecular formula is C13H26N2O2. The maximum Gasteiger partial charge on any atom is 0.237 e. The molecule has 1 aliphatic carbocycles. The Kier molecular flexibility index (Phi) is 5.92. The maximum atomic E-state index is 11.4. The second-order valence-electron chi connectivity index (χ2n) is 5.22. The molecule has 1 aliphatic rings. The Morgan fingerprint density at radius 2 is 2.18 bits per heavy atom. The standard InChI is InChI=1S/C13H26N2O2/c1-3-8-15-13(2,12(14)16)7-10-17-9-6-11-4-5-11/h11,15H,3-10H2,1-2H3,(H2,14,16). The van der Waals surface area contributed by atoms with Crippen molar-refractivity contribution in [3.63, 3.8) is 0 Å². The summed E-state index contributed by atoms with van der Waals surface area (Å²) >= 11 is 0. The Morgan fingerprint density at radius 1 is 1.47 bits per heavy atom. The molecule has 1 unspecified atom stereocenters. The Hall–Kier alpha value is -0.610. The third-order valence-corrected chi connectivity index (χ3v) is 3.42. The summed E-state index contributed by atoms with van der Waals surface area (Å²) < 4.78 is 5.56. The van der Waals surface area contributed by atoms with Gasteiger partial charge in [0.1, 0.15) is 0 Å². The summed E-state index contributed by atoms with van der Waals surface area (Å²) in [5, 5.41) is 3.20. The van der Waals surface area contributed by atoms with Crippen LogP contribution in [0, 0.1) is 5.92 Å². The number of carbonyl (C=O) groups is 1. The van der Waals surface area contributed by atoms with Gasteiger partial charge in [-0.05, 0) is 38.6 Å². The molecule has 0 heterocycles. The third kappa shape index (κ3) is 5.50. The molecule has 1 atom stereocenters. The fraction of sp³-hybridized carbons (Fsp3) is 0.923. The van der Waals surface area contributed by atoms with Crippen molar-refractivity contribution in [3.8, 4) is 0 Å². The summed E-state index contributed by atoms with van der Waals surface area (Å²) in [7, 11) is 0. The predicted octanol–water partition coefficient (Wildman–Crippen LogP) is 1.44. The average molecular weight is 242 g/mol. The van der Waals surface area contributed by atoms with E-state index < -0.39 is 5.54 Å². The zero-order valence-electron chi connectivity index (χ0n) is 11.1. The molecule has 0 bridgehead atoms. The van der Waals surface area contributed by atoms with E-state index in [0.29, 0.717) is 13.0 Å². The molecule has 0 aromatic heterocycles. The molecule has 3 N–H and O–H groups in total. The number of hydrogen-bond donors (Lipinski definition) is 2. The summed E-state index contributed by atoms with van der Waals surface area (Å²) in [6, 6.07) is 0. The lowest BCUT2D eigenvalue weighted by molar-refractivity contribution is -0.124. The summed E-state index contributed by atoms with van der Waals surface area (Å²) in [6.07, 6.45) is 5.52. The molecular weight excluding hydrogens is 216 g/mol. The third-order valence-electron chi connectivity index (χ3n) is 3.42. The summed E-state index contributed by atoms with van der Waals surface area (Å²) in [5.74, 6) is 0.604. The van der Waals surface area contributed by atoms with Crippen molar-refractivity contribution in [2.45, 2.75) is 51.5 Å². The lowest BCUT2D eigenvalue weighted by atomic mass is 9.97. The fourth-order valence-corrected chi connectivity index (χ4v) is 1.73. The maximum absolute atomic E-state index is 11.4. The van der Waals surface area contributed by atoms with Crippen molar-refractivity contribution < 1.29 is 9.53 Å². The number of carbonyl (C=O) groups excluding carboxylic acids is 1. The zero-order chi connectivity index (χ0) is 12.7. The quantitative estimate of drug-likeness (QED) is 0.570. The monoisotopic (exact) mass is 242 g/mol. The second kappa shape index (κ2) is 6.97. The van der Waals surface area contributed by atoms with Crippen LogP contribution >= 0.6 is 0 Å². The van der Waals surface area contributed by atoms with E-state index in [4.69, 9.17) is 10.5 Å². The van der Waals surface area contributed by atoms with Crippen LogP contribution < -0.4 is 11.1 Å². The highest BCUT2D eigenvalue weighted by Crippen LogP contribution is 2.32. The van der Waals surface area contributed by atoms with Crippen LogP contribution in [0.1, 0.15) is 46.0 Å². The number of primary amides is 1. The highest BCUT2D eigenvalue weighted by molar-refractivity contribution is 5.84. The van der Waals surface area contributed by atoms with E-state index in [-0.39, 0.29) is 5.91 Å². The van der Waals surface area contributed by atoms with Gasteiger partial charge in [-0.15, -0.1) is 0 Å². The number of rotatable bonds is 10. The number of amides is 1. The minimum absolute atomic E-state index is 0.295. The molecule has 17 heavy (non-hydrogen) atoms. The first-order valence-corrected chi connectivity index (χ1v) is 6.71. The van der Waals surface area contributed by atoms with Gasteiger partial charge in [0.05, 0.1) is 5.54 Å². The zero-order valence-corrected chi connectivity index (χ0v) is 11.1. The van der Waals surface area contributed by atoms with E-state index in [1.54, 1.807) is 0 Å². The van der Waals surface area contributed by atoms with E-state index in [9.17, 15) is 4.79 Å². The van der Waals surface area contributed by atoms with Crippen molar-refractivity contribution in [1.29, 1.82) is 0 Å². The molecule has 4 nitrogen and oxygen atoms in total. The molecule has 1 saturated carbocycles. The lowest BCUT2D eigenvalue weighted by Gasteiger charge is -2.27.